The molecule has 3 atom stereocenters. The van der Waals surface area contributed by atoms with Gasteiger partial charge in [0.05, 0.1) is 5.92 Å². The van der Waals surface area contributed by atoms with E-state index in [1.807, 2.05) is 0 Å². The van der Waals surface area contributed by atoms with E-state index in [-0.39, 0.29) is 18.4 Å². The van der Waals surface area contributed by atoms with Crippen molar-refractivity contribution in [2.75, 3.05) is 0 Å². The monoisotopic (exact) mass is 264 g/mol. The normalized spacial score (nSPS) is 32.0. The molecule has 18 heavy (non-hydrogen) atoms. The molecule has 0 bridgehead atoms. The van der Waals surface area contributed by atoms with Crippen LogP contribution >= 0.6 is 0 Å². The molecule has 0 aliphatic heterocycles. The van der Waals surface area contributed by atoms with Crippen LogP contribution in [0.2, 0.25) is 0 Å². The van der Waals surface area contributed by atoms with Gasteiger partial charge in [0.25, 0.3) is 0 Å². The van der Waals surface area contributed by atoms with E-state index in [1.54, 1.807) is 0 Å². The fraction of sp³-hybridized carbons (Fsp3) is 1.00. The van der Waals surface area contributed by atoms with Crippen molar-refractivity contribution in [2.24, 2.45) is 23.6 Å². The summed E-state index contributed by atoms with van der Waals surface area (Å²) in [6.45, 7) is 0. The topological polar surface area (TPSA) is 38.0 Å². The molecular formula is C13H23F3N2. The van der Waals surface area contributed by atoms with E-state index in [4.69, 9.17) is 5.84 Å². The van der Waals surface area contributed by atoms with E-state index in [9.17, 15) is 13.2 Å². The number of hydrogen-bond acceptors (Lipinski definition) is 2. The first-order chi connectivity index (χ1) is 8.50. The highest BCUT2D eigenvalue weighted by atomic mass is 19.4. The summed E-state index contributed by atoms with van der Waals surface area (Å²) in [7, 11) is 0. The Labute approximate surface area is 106 Å². The summed E-state index contributed by atoms with van der Waals surface area (Å²) in [5, 5.41) is 0. The van der Waals surface area contributed by atoms with Crippen LogP contribution in [0.1, 0.15) is 51.4 Å². The van der Waals surface area contributed by atoms with Crippen molar-refractivity contribution in [2.45, 2.75) is 63.6 Å². The molecule has 0 aromatic rings. The van der Waals surface area contributed by atoms with Gasteiger partial charge in [0.1, 0.15) is 0 Å². The van der Waals surface area contributed by atoms with Gasteiger partial charge in [-0.15, -0.1) is 0 Å². The van der Waals surface area contributed by atoms with Crippen LogP contribution in [-0.4, -0.2) is 12.2 Å². The third kappa shape index (κ3) is 3.38. The second-order valence-electron chi connectivity index (χ2n) is 5.97. The van der Waals surface area contributed by atoms with Crippen molar-refractivity contribution in [3.63, 3.8) is 0 Å². The lowest BCUT2D eigenvalue weighted by Gasteiger charge is -2.38. The number of nitrogens with one attached hydrogen (secondary N) is 1. The van der Waals surface area contributed by atoms with E-state index in [0.29, 0.717) is 18.8 Å². The smallest absolute Gasteiger partial charge is 0.271 e. The number of hydrogen-bond donors (Lipinski definition) is 2. The fourth-order valence-corrected chi connectivity index (χ4v) is 3.37. The first-order valence-corrected chi connectivity index (χ1v) is 7.03. The van der Waals surface area contributed by atoms with Crippen LogP contribution in [0, 0.1) is 17.8 Å². The molecule has 0 aromatic carbocycles. The zero-order valence-corrected chi connectivity index (χ0v) is 10.7. The molecule has 2 aliphatic carbocycles. The van der Waals surface area contributed by atoms with Gasteiger partial charge in [-0.05, 0) is 37.5 Å². The Hall–Kier alpha value is -0.290. The highest BCUT2D eigenvalue weighted by Crippen LogP contribution is 2.42. The Balaban J connectivity index is 1.89. The second kappa shape index (κ2) is 5.78. The van der Waals surface area contributed by atoms with E-state index in [1.165, 1.54) is 19.3 Å². The summed E-state index contributed by atoms with van der Waals surface area (Å²) in [6, 6.07) is 0.0699. The molecule has 2 saturated carbocycles. The minimum Gasteiger partial charge on any atom is -0.271 e. The Bertz CT molecular complexity index is 263. The summed E-state index contributed by atoms with van der Waals surface area (Å²) in [6.07, 6.45) is 2.72. The number of alkyl halides is 3. The highest BCUT2D eigenvalue weighted by molar-refractivity contribution is 4.86. The van der Waals surface area contributed by atoms with Gasteiger partial charge in [0.2, 0.25) is 0 Å². The van der Waals surface area contributed by atoms with Gasteiger partial charge >= 0.3 is 6.18 Å². The van der Waals surface area contributed by atoms with Crippen LogP contribution in [0.3, 0.4) is 0 Å². The minimum absolute atomic E-state index is 0.0699. The molecule has 2 rings (SSSR count). The predicted molar refractivity (Wildman–Crippen MR) is 64.6 cm³/mol. The van der Waals surface area contributed by atoms with Crippen LogP contribution < -0.4 is 11.3 Å². The summed E-state index contributed by atoms with van der Waals surface area (Å²) >= 11 is 0. The van der Waals surface area contributed by atoms with E-state index in [0.717, 1.165) is 12.8 Å². The van der Waals surface area contributed by atoms with Gasteiger partial charge in [-0.25, -0.2) is 0 Å². The van der Waals surface area contributed by atoms with Crippen molar-refractivity contribution in [1.29, 1.82) is 0 Å². The summed E-state index contributed by atoms with van der Waals surface area (Å²) in [5.41, 5.74) is 2.78. The molecule has 0 radical (unpaired) electrons. The maximum absolute atomic E-state index is 12.8. The third-order valence-electron chi connectivity index (χ3n) is 4.77. The summed E-state index contributed by atoms with van der Waals surface area (Å²) in [5.74, 6) is 5.21. The highest BCUT2D eigenvalue weighted by Gasteiger charge is 2.43. The van der Waals surface area contributed by atoms with E-state index >= 15 is 0 Å². The van der Waals surface area contributed by atoms with Crippen molar-refractivity contribution < 1.29 is 13.2 Å². The Morgan fingerprint density at radius 2 is 1.78 bits per heavy atom. The number of halogens is 3. The van der Waals surface area contributed by atoms with Crippen molar-refractivity contribution in [1.82, 2.24) is 5.43 Å². The Morgan fingerprint density at radius 1 is 1.11 bits per heavy atom. The van der Waals surface area contributed by atoms with Gasteiger partial charge < -0.3 is 0 Å². The van der Waals surface area contributed by atoms with Gasteiger partial charge in [0, 0.05) is 6.04 Å². The molecule has 106 valence electrons. The van der Waals surface area contributed by atoms with Crippen LogP contribution in [0.25, 0.3) is 0 Å². The van der Waals surface area contributed by atoms with Gasteiger partial charge in [-0.1, -0.05) is 25.7 Å². The Kier molecular flexibility index (Phi) is 4.54. The SMILES string of the molecule is NNC(CC1CCC1)C1CCCC(C(F)(F)F)C1. The maximum Gasteiger partial charge on any atom is 0.391 e. The van der Waals surface area contributed by atoms with Gasteiger partial charge in [0.15, 0.2) is 0 Å². The maximum atomic E-state index is 12.8. The third-order valence-corrected chi connectivity index (χ3v) is 4.77. The summed E-state index contributed by atoms with van der Waals surface area (Å²) in [4.78, 5) is 0. The lowest BCUT2D eigenvalue weighted by atomic mass is 9.72. The fourth-order valence-electron chi connectivity index (χ4n) is 3.37. The largest absolute Gasteiger partial charge is 0.391 e. The molecule has 2 aliphatic rings. The zero-order chi connectivity index (χ0) is 13.2. The second-order valence-corrected chi connectivity index (χ2v) is 5.97. The van der Waals surface area contributed by atoms with Crippen molar-refractivity contribution >= 4 is 0 Å². The van der Waals surface area contributed by atoms with E-state index in [2.05, 4.69) is 5.43 Å². The van der Waals surface area contributed by atoms with Gasteiger partial charge in [-0.2, -0.15) is 13.2 Å². The molecule has 3 unspecified atom stereocenters. The molecule has 5 heteroatoms. The first kappa shape index (κ1) is 14.1. The lowest BCUT2D eigenvalue weighted by molar-refractivity contribution is -0.186. The zero-order valence-electron chi connectivity index (χ0n) is 10.7. The molecule has 0 saturated heterocycles. The molecule has 0 heterocycles. The molecule has 2 fully saturated rings. The molecule has 0 amide bonds. The molecule has 0 spiro atoms. The minimum atomic E-state index is -4.03. The molecule has 3 N–H and O–H groups in total. The Morgan fingerprint density at radius 3 is 2.28 bits per heavy atom. The molecule has 0 aromatic heterocycles. The molecular weight excluding hydrogens is 241 g/mol. The quantitative estimate of drug-likeness (QED) is 0.603. The lowest BCUT2D eigenvalue weighted by Crippen LogP contribution is -2.45. The van der Waals surface area contributed by atoms with Crippen LogP contribution in [-0.2, 0) is 0 Å². The summed E-state index contributed by atoms with van der Waals surface area (Å²) < 4.78 is 38.3. The van der Waals surface area contributed by atoms with Gasteiger partial charge in [-0.3, -0.25) is 11.3 Å². The van der Waals surface area contributed by atoms with Crippen LogP contribution in [0.5, 0.6) is 0 Å². The number of hydrazine groups is 1. The standard InChI is InChI=1S/C13H23F3N2/c14-13(15,16)11-6-2-5-10(8-11)12(18-17)7-9-3-1-4-9/h9-12,18H,1-8,17H2. The average Bonchev–Trinajstić information content (AvgIpc) is 2.27. The van der Waals surface area contributed by atoms with Crippen molar-refractivity contribution in [3.8, 4) is 0 Å². The average molecular weight is 264 g/mol. The number of nitrogens with two attached hydrogens (primary N) is 1. The van der Waals surface area contributed by atoms with Crippen molar-refractivity contribution in [3.05, 3.63) is 0 Å². The number of rotatable bonds is 4. The van der Waals surface area contributed by atoms with Crippen LogP contribution in [0.4, 0.5) is 13.2 Å². The predicted octanol–water partition coefficient (Wildman–Crippen LogP) is 3.38. The molecule has 2 nitrogen and oxygen atoms in total. The van der Waals surface area contributed by atoms with E-state index < -0.39 is 12.1 Å². The van der Waals surface area contributed by atoms with Crippen LogP contribution in [0.15, 0.2) is 0 Å². The first-order valence-electron chi connectivity index (χ1n) is 7.03.